The van der Waals surface area contributed by atoms with Crippen molar-refractivity contribution in [2.24, 2.45) is 0 Å². The van der Waals surface area contributed by atoms with Crippen LogP contribution in [0.25, 0.3) is 0 Å². The zero-order valence-electron chi connectivity index (χ0n) is 10.9. The molecule has 1 atom stereocenters. The molecule has 0 unspecified atom stereocenters. The number of hydrogen-bond acceptors (Lipinski definition) is 2. The lowest BCUT2D eigenvalue weighted by Gasteiger charge is -2.27. The van der Waals surface area contributed by atoms with Gasteiger partial charge in [0.1, 0.15) is 0 Å². The van der Waals surface area contributed by atoms with Gasteiger partial charge in [-0.05, 0) is 38.4 Å². The van der Waals surface area contributed by atoms with Crippen LogP contribution in [0.15, 0.2) is 30.3 Å². The second-order valence-electron chi connectivity index (χ2n) is 4.43. The van der Waals surface area contributed by atoms with Crippen molar-refractivity contribution < 1.29 is 0 Å². The van der Waals surface area contributed by atoms with E-state index in [1.165, 1.54) is 5.56 Å². The molecular weight excluding hydrogens is 208 g/mol. The summed E-state index contributed by atoms with van der Waals surface area (Å²) in [6, 6.07) is 13.3. The lowest BCUT2D eigenvalue weighted by Crippen LogP contribution is -2.35. The topological polar surface area (TPSA) is 27.0 Å². The highest BCUT2D eigenvalue weighted by Gasteiger charge is 2.11. The first-order chi connectivity index (χ1) is 8.27. The second-order valence-corrected chi connectivity index (χ2v) is 4.43. The lowest BCUT2D eigenvalue weighted by atomic mass is 10.1. The van der Waals surface area contributed by atoms with E-state index in [1.807, 2.05) is 0 Å². The van der Waals surface area contributed by atoms with Gasteiger partial charge in [0.05, 0.1) is 6.07 Å². The van der Waals surface area contributed by atoms with Crippen LogP contribution in [0.4, 0.5) is 0 Å². The Morgan fingerprint density at radius 1 is 1.29 bits per heavy atom. The maximum Gasteiger partial charge on any atom is 0.0622 e. The molecule has 1 aromatic rings. The Kier molecular flexibility index (Phi) is 6.35. The third-order valence-electron chi connectivity index (χ3n) is 3.14. The van der Waals surface area contributed by atoms with Crippen LogP contribution in [0, 0.1) is 11.3 Å². The van der Waals surface area contributed by atoms with Gasteiger partial charge in [-0.3, -0.25) is 0 Å². The minimum atomic E-state index is 0.543. The smallest absolute Gasteiger partial charge is 0.0622 e. The average molecular weight is 230 g/mol. The Labute approximate surface area is 105 Å². The fourth-order valence-electron chi connectivity index (χ4n) is 2.14. The van der Waals surface area contributed by atoms with Crippen molar-refractivity contribution in [3.05, 3.63) is 35.9 Å². The summed E-state index contributed by atoms with van der Waals surface area (Å²) < 4.78 is 0. The molecule has 0 bridgehead atoms. The number of rotatable bonds is 7. The maximum absolute atomic E-state index is 8.56. The van der Waals surface area contributed by atoms with E-state index in [4.69, 9.17) is 5.26 Å². The zero-order chi connectivity index (χ0) is 12.5. The third-order valence-corrected chi connectivity index (χ3v) is 3.14. The monoisotopic (exact) mass is 230 g/mol. The normalized spacial score (nSPS) is 12.4. The molecule has 0 N–H and O–H groups in total. The number of likely N-dealkylation sites (N-methyl/N-ethyl adjacent to an activating group) is 1. The van der Waals surface area contributed by atoms with Crippen molar-refractivity contribution in [1.82, 2.24) is 4.90 Å². The highest BCUT2D eigenvalue weighted by atomic mass is 15.1. The molecule has 0 heterocycles. The van der Waals surface area contributed by atoms with Crippen LogP contribution < -0.4 is 0 Å². The Hall–Kier alpha value is -1.33. The summed E-state index contributed by atoms with van der Waals surface area (Å²) in [5, 5.41) is 8.56. The number of benzene rings is 1. The van der Waals surface area contributed by atoms with Gasteiger partial charge in [0, 0.05) is 12.5 Å². The summed E-state index contributed by atoms with van der Waals surface area (Å²) in [6.45, 7) is 6.54. The van der Waals surface area contributed by atoms with Crippen LogP contribution in [0.1, 0.15) is 32.3 Å². The first-order valence-corrected chi connectivity index (χ1v) is 6.42. The third kappa shape index (κ3) is 5.01. The van der Waals surface area contributed by atoms with Crippen molar-refractivity contribution in [3.63, 3.8) is 0 Å². The van der Waals surface area contributed by atoms with Crippen molar-refractivity contribution in [2.45, 2.75) is 39.2 Å². The van der Waals surface area contributed by atoms with E-state index in [9.17, 15) is 0 Å². The standard InChI is InChI=1S/C15H22N2/c1-3-17(12-8-7-11-16)14(2)13-15-9-5-4-6-10-15/h4-6,9-10,14H,3,7-8,12-13H2,1-2H3/t14-/m1/s1. The molecule has 0 saturated carbocycles. The fraction of sp³-hybridized carbons (Fsp3) is 0.533. The largest absolute Gasteiger partial charge is 0.301 e. The molecule has 2 heteroatoms. The van der Waals surface area contributed by atoms with Gasteiger partial charge in [-0.15, -0.1) is 0 Å². The van der Waals surface area contributed by atoms with E-state index in [2.05, 4.69) is 55.1 Å². The maximum atomic E-state index is 8.56. The first kappa shape index (κ1) is 13.7. The highest BCUT2D eigenvalue weighted by Crippen LogP contribution is 2.09. The van der Waals surface area contributed by atoms with Gasteiger partial charge >= 0.3 is 0 Å². The Bertz CT molecular complexity index is 340. The fourth-order valence-corrected chi connectivity index (χ4v) is 2.14. The quantitative estimate of drug-likeness (QED) is 0.672. The van der Waals surface area contributed by atoms with E-state index in [0.29, 0.717) is 12.5 Å². The summed E-state index contributed by atoms with van der Waals surface area (Å²) in [5.41, 5.74) is 1.39. The molecule has 0 spiro atoms. The van der Waals surface area contributed by atoms with E-state index in [1.54, 1.807) is 0 Å². The van der Waals surface area contributed by atoms with E-state index in [-0.39, 0.29) is 0 Å². The molecule has 0 saturated heterocycles. The Morgan fingerprint density at radius 3 is 2.59 bits per heavy atom. The number of unbranched alkanes of at least 4 members (excludes halogenated alkanes) is 1. The van der Waals surface area contributed by atoms with Crippen LogP contribution in [0.3, 0.4) is 0 Å². The van der Waals surface area contributed by atoms with Crippen molar-refractivity contribution in [2.75, 3.05) is 13.1 Å². The number of nitrogens with zero attached hydrogens (tertiary/aromatic N) is 2. The van der Waals surface area contributed by atoms with E-state index < -0.39 is 0 Å². The summed E-state index contributed by atoms with van der Waals surface area (Å²) in [5.74, 6) is 0. The molecular formula is C15H22N2. The molecule has 0 aliphatic rings. The van der Waals surface area contributed by atoms with Gasteiger partial charge in [-0.2, -0.15) is 5.26 Å². The Balaban J connectivity index is 2.43. The van der Waals surface area contributed by atoms with Crippen LogP contribution in [0.2, 0.25) is 0 Å². The predicted molar refractivity (Wildman–Crippen MR) is 71.7 cm³/mol. The Morgan fingerprint density at radius 2 is 2.00 bits per heavy atom. The summed E-state index contributed by atoms with van der Waals surface area (Å²) in [4.78, 5) is 2.45. The SMILES string of the molecule is CCN(CCCC#N)[C@H](C)Cc1ccccc1. The van der Waals surface area contributed by atoms with Gasteiger partial charge in [-0.25, -0.2) is 0 Å². The minimum absolute atomic E-state index is 0.543. The summed E-state index contributed by atoms with van der Waals surface area (Å²) in [6.07, 6.45) is 2.72. The van der Waals surface area contributed by atoms with Gasteiger partial charge < -0.3 is 4.90 Å². The van der Waals surface area contributed by atoms with E-state index in [0.717, 1.165) is 25.9 Å². The molecule has 0 aliphatic heterocycles. The second kappa shape index (κ2) is 7.86. The lowest BCUT2D eigenvalue weighted by molar-refractivity contribution is 0.216. The predicted octanol–water partition coefficient (Wildman–Crippen LogP) is 3.24. The molecule has 92 valence electrons. The summed E-state index contributed by atoms with van der Waals surface area (Å²) >= 11 is 0. The van der Waals surface area contributed by atoms with Gasteiger partial charge in [-0.1, -0.05) is 37.3 Å². The molecule has 17 heavy (non-hydrogen) atoms. The van der Waals surface area contributed by atoms with Crippen molar-refractivity contribution in [1.29, 1.82) is 5.26 Å². The molecule has 0 fully saturated rings. The van der Waals surface area contributed by atoms with Crippen molar-refractivity contribution >= 4 is 0 Å². The highest BCUT2D eigenvalue weighted by molar-refractivity contribution is 5.15. The van der Waals surface area contributed by atoms with E-state index >= 15 is 0 Å². The van der Waals surface area contributed by atoms with Crippen LogP contribution in [0.5, 0.6) is 0 Å². The molecule has 1 rings (SSSR count). The van der Waals surface area contributed by atoms with Crippen LogP contribution >= 0.6 is 0 Å². The first-order valence-electron chi connectivity index (χ1n) is 6.42. The van der Waals surface area contributed by atoms with Crippen LogP contribution in [-0.4, -0.2) is 24.0 Å². The van der Waals surface area contributed by atoms with Gasteiger partial charge in [0.15, 0.2) is 0 Å². The zero-order valence-corrected chi connectivity index (χ0v) is 10.9. The molecule has 1 aromatic carbocycles. The number of hydrogen-bond donors (Lipinski definition) is 0. The van der Waals surface area contributed by atoms with Crippen molar-refractivity contribution in [3.8, 4) is 6.07 Å². The molecule has 0 amide bonds. The van der Waals surface area contributed by atoms with Gasteiger partial charge in [0.25, 0.3) is 0 Å². The van der Waals surface area contributed by atoms with Crippen LogP contribution in [-0.2, 0) is 6.42 Å². The molecule has 0 aromatic heterocycles. The molecule has 0 aliphatic carbocycles. The molecule has 2 nitrogen and oxygen atoms in total. The molecule has 0 radical (unpaired) electrons. The number of nitriles is 1. The van der Waals surface area contributed by atoms with Gasteiger partial charge in [0.2, 0.25) is 0 Å². The average Bonchev–Trinajstić information content (AvgIpc) is 2.36. The summed E-state index contributed by atoms with van der Waals surface area (Å²) in [7, 11) is 0. The minimum Gasteiger partial charge on any atom is -0.301 e.